The molecule has 2 aromatic heterocycles. The van der Waals surface area contributed by atoms with Gasteiger partial charge in [0, 0.05) is 44.7 Å². The molecule has 1 aromatic carbocycles. The molecule has 218 valence electrons. The Hall–Kier alpha value is -3.66. The van der Waals surface area contributed by atoms with Crippen molar-refractivity contribution in [3.63, 3.8) is 0 Å². The molecule has 1 saturated carbocycles. The van der Waals surface area contributed by atoms with Gasteiger partial charge in [0.05, 0.1) is 41.0 Å². The number of ketones is 1. The van der Waals surface area contributed by atoms with Crippen LogP contribution in [-0.2, 0) is 22.7 Å². The summed E-state index contributed by atoms with van der Waals surface area (Å²) in [5, 5.41) is 12.0. The van der Waals surface area contributed by atoms with E-state index < -0.39 is 6.04 Å². The quantitative estimate of drug-likeness (QED) is 0.355. The van der Waals surface area contributed by atoms with Crippen LogP contribution < -0.4 is 15.4 Å². The zero-order valence-electron chi connectivity index (χ0n) is 23.6. The largest absolute Gasteiger partial charge is 0.495 e. The lowest BCUT2D eigenvalue weighted by Crippen LogP contribution is -2.44. The lowest BCUT2D eigenvalue weighted by Gasteiger charge is -2.23. The summed E-state index contributed by atoms with van der Waals surface area (Å²) in [6.07, 6.45) is 8.37. The van der Waals surface area contributed by atoms with Gasteiger partial charge in [0.1, 0.15) is 5.75 Å². The van der Waals surface area contributed by atoms with Gasteiger partial charge in [-0.1, -0.05) is 30.5 Å². The number of hydrogen-bond acceptors (Lipinski definition) is 7. The second-order valence-electron chi connectivity index (χ2n) is 10.8. The van der Waals surface area contributed by atoms with Crippen LogP contribution in [-0.4, -0.2) is 63.5 Å². The van der Waals surface area contributed by atoms with Gasteiger partial charge in [0.2, 0.25) is 5.91 Å². The standard InChI is InChI=1S/C30H37ClN6O4/c1-3-37-29-21(18-34-37)27(32-16-19-10-11-25(41-2)23(31)14-19)22(17-33-29)30(40)35-24-9-5-4-8-20(28(24)39)15-26(38)36-12-6-7-13-36/h10-11,14,17-18,20,24H,3-9,12-13,15-16H2,1-2H3,(H,32,33)(H,35,40). The summed E-state index contributed by atoms with van der Waals surface area (Å²) in [6, 6.07) is 4.87. The number of carbonyl (C=O) groups is 3. The fourth-order valence-corrected chi connectivity index (χ4v) is 6.11. The van der Waals surface area contributed by atoms with Gasteiger partial charge in [-0.05, 0) is 50.3 Å². The van der Waals surface area contributed by atoms with Gasteiger partial charge in [-0.3, -0.25) is 14.4 Å². The number of rotatable bonds is 9. The Morgan fingerprint density at radius 2 is 1.90 bits per heavy atom. The predicted octanol–water partition coefficient (Wildman–Crippen LogP) is 4.60. The van der Waals surface area contributed by atoms with Crippen LogP contribution in [0.15, 0.2) is 30.6 Å². The van der Waals surface area contributed by atoms with Crippen molar-refractivity contribution in [1.29, 1.82) is 0 Å². The van der Waals surface area contributed by atoms with Gasteiger partial charge < -0.3 is 20.3 Å². The monoisotopic (exact) mass is 580 g/mol. The third kappa shape index (κ3) is 6.32. The Bertz CT molecular complexity index is 1430. The molecule has 10 nitrogen and oxygen atoms in total. The van der Waals surface area contributed by atoms with Crippen molar-refractivity contribution < 1.29 is 19.1 Å². The summed E-state index contributed by atoms with van der Waals surface area (Å²) in [5.74, 6) is -0.195. The Kier molecular flexibility index (Phi) is 9.07. The summed E-state index contributed by atoms with van der Waals surface area (Å²) >= 11 is 6.33. The fraction of sp³-hybridized carbons (Fsp3) is 0.500. The van der Waals surface area contributed by atoms with Crippen LogP contribution in [0.5, 0.6) is 5.75 Å². The van der Waals surface area contributed by atoms with E-state index in [4.69, 9.17) is 16.3 Å². The predicted molar refractivity (Wildman–Crippen MR) is 157 cm³/mol. The number of carbonyl (C=O) groups excluding carboxylic acids is 3. The lowest BCUT2D eigenvalue weighted by atomic mass is 9.92. The molecule has 3 heterocycles. The molecule has 11 heteroatoms. The SMILES string of the molecule is CCn1ncc2c(NCc3ccc(OC)c(Cl)c3)c(C(=O)NC3CCCCC(CC(=O)N4CCCC4)C3=O)cnc21. The molecule has 2 fully saturated rings. The number of methoxy groups -OCH3 is 1. The lowest BCUT2D eigenvalue weighted by molar-refractivity contribution is -0.135. The number of likely N-dealkylation sites (tertiary alicyclic amines) is 1. The summed E-state index contributed by atoms with van der Waals surface area (Å²) in [7, 11) is 1.57. The number of nitrogens with zero attached hydrogens (tertiary/aromatic N) is 4. The molecule has 2 amide bonds. The van der Waals surface area contributed by atoms with Crippen LogP contribution in [0.3, 0.4) is 0 Å². The van der Waals surface area contributed by atoms with Gasteiger partial charge in [-0.2, -0.15) is 5.10 Å². The van der Waals surface area contributed by atoms with Crippen molar-refractivity contribution in [1.82, 2.24) is 25.0 Å². The Labute approximate surface area is 244 Å². The number of fused-ring (bicyclic) bond motifs is 1. The second kappa shape index (κ2) is 12.9. The number of Topliss-reactive ketones (excluding diaryl/α,β-unsaturated/α-hetero) is 1. The van der Waals surface area contributed by atoms with E-state index in [1.165, 1.54) is 6.20 Å². The molecular formula is C30H37ClN6O4. The highest BCUT2D eigenvalue weighted by Crippen LogP contribution is 2.30. The van der Waals surface area contributed by atoms with Crippen LogP contribution >= 0.6 is 11.6 Å². The van der Waals surface area contributed by atoms with Crippen molar-refractivity contribution in [2.45, 2.75) is 71.0 Å². The number of nitrogens with one attached hydrogen (secondary N) is 2. The molecule has 0 bridgehead atoms. The molecule has 5 rings (SSSR count). The second-order valence-corrected chi connectivity index (χ2v) is 11.2. The Morgan fingerprint density at radius 3 is 2.63 bits per heavy atom. The van der Waals surface area contributed by atoms with Crippen LogP contribution in [0, 0.1) is 5.92 Å². The average molecular weight is 581 g/mol. The highest BCUT2D eigenvalue weighted by molar-refractivity contribution is 6.32. The molecule has 2 N–H and O–H groups in total. The van der Waals surface area contributed by atoms with Gasteiger partial charge in [0.15, 0.2) is 11.4 Å². The van der Waals surface area contributed by atoms with Crippen molar-refractivity contribution in [3.8, 4) is 5.75 Å². The zero-order chi connectivity index (χ0) is 28.9. The number of pyridine rings is 1. The highest BCUT2D eigenvalue weighted by atomic mass is 35.5. The first-order valence-electron chi connectivity index (χ1n) is 14.4. The molecule has 41 heavy (non-hydrogen) atoms. The van der Waals surface area contributed by atoms with Crippen LogP contribution in [0.2, 0.25) is 5.02 Å². The van der Waals surface area contributed by atoms with Gasteiger partial charge >= 0.3 is 0 Å². The van der Waals surface area contributed by atoms with E-state index in [2.05, 4.69) is 20.7 Å². The average Bonchev–Trinajstić information content (AvgIpc) is 3.63. The number of benzene rings is 1. The topological polar surface area (TPSA) is 118 Å². The Balaban J connectivity index is 1.37. The minimum Gasteiger partial charge on any atom is -0.495 e. The maximum atomic E-state index is 13.7. The van der Waals surface area contributed by atoms with E-state index in [1.54, 1.807) is 24.1 Å². The molecular weight excluding hydrogens is 544 g/mol. The first-order valence-corrected chi connectivity index (χ1v) is 14.8. The molecule has 1 saturated heterocycles. The molecule has 2 aliphatic rings. The number of halogens is 1. The van der Waals surface area contributed by atoms with Crippen LogP contribution in [0.1, 0.15) is 67.8 Å². The minimum absolute atomic E-state index is 0.0422. The number of aryl methyl sites for hydroxylation is 1. The maximum absolute atomic E-state index is 13.7. The first kappa shape index (κ1) is 28.9. The normalized spacial score (nSPS) is 19.3. The van der Waals surface area contributed by atoms with Crippen molar-refractivity contribution in [3.05, 3.63) is 46.7 Å². The third-order valence-electron chi connectivity index (χ3n) is 8.12. The minimum atomic E-state index is -0.649. The van der Waals surface area contributed by atoms with Crippen molar-refractivity contribution >= 4 is 45.9 Å². The molecule has 1 aliphatic heterocycles. The highest BCUT2D eigenvalue weighted by Gasteiger charge is 2.34. The van der Waals surface area contributed by atoms with Gasteiger partial charge in [-0.15, -0.1) is 0 Å². The summed E-state index contributed by atoms with van der Waals surface area (Å²) in [5.41, 5.74) is 2.47. The van der Waals surface area contributed by atoms with E-state index in [9.17, 15) is 14.4 Å². The molecule has 0 radical (unpaired) electrons. The number of anilines is 1. The summed E-state index contributed by atoms with van der Waals surface area (Å²) < 4.78 is 7.02. The summed E-state index contributed by atoms with van der Waals surface area (Å²) in [4.78, 5) is 46.5. The smallest absolute Gasteiger partial charge is 0.255 e. The Morgan fingerprint density at radius 1 is 1.12 bits per heavy atom. The number of hydrogen-bond donors (Lipinski definition) is 2. The van der Waals surface area contributed by atoms with E-state index in [0.29, 0.717) is 59.0 Å². The zero-order valence-corrected chi connectivity index (χ0v) is 24.4. The third-order valence-corrected chi connectivity index (χ3v) is 8.42. The first-order chi connectivity index (χ1) is 19.9. The molecule has 1 aliphatic carbocycles. The van der Waals surface area contributed by atoms with Gasteiger partial charge in [-0.25, -0.2) is 9.67 Å². The van der Waals surface area contributed by atoms with Crippen LogP contribution in [0.25, 0.3) is 11.0 Å². The molecule has 0 spiro atoms. The van der Waals surface area contributed by atoms with E-state index >= 15 is 0 Å². The number of aromatic nitrogens is 3. The summed E-state index contributed by atoms with van der Waals surface area (Å²) in [6.45, 7) is 4.53. The van der Waals surface area contributed by atoms with Gasteiger partial charge in [0.25, 0.3) is 5.91 Å². The van der Waals surface area contributed by atoms with E-state index in [-0.39, 0.29) is 29.9 Å². The molecule has 2 unspecified atom stereocenters. The van der Waals surface area contributed by atoms with Crippen LogP contribution in [0.4, 0.5) is 5.69 Å². The number of amides is 2. The molecule has 3 aromatic rings. The van der Waals surface area contributed by atoms with E-state index in [0.717, 1.165) is 44.3 Å². The fourth-order valence-electron chi connectivity index (χ4n) is 5.83. The maximum Gasteiger partial charge on any atom is 0.255 e. The van der Waals surface area contributed by atoms with Crippen molar-refractivity contribution in [2.75, 3.05) is 25.5 Å². The molecule has 2 atom stereocenters. The van der Waals surface area contributed by atoms with E-state index in [1.807, 2.05) is 24.0 Å². The van der Waals surface area contributed by atoms with Crippen molar-refractivity contribution in [2.24, 2.45) is 5.92 Å². The number of ether oxygens (including phenoxy) is 1.